The number of aromatic nitrogens is 2. The molecule has 0 saturated carbocycles. The molecule has 2 aromatic carbocycles. The maximum Gasteiger partial charge on any atom is 0.206 e. The van der Waals surface area contributed by atoms with Gasteiger partial charge < -0.3 is 18.9 Å². The van der Waals surface area contributed by atoms with Crippen molar-refractivity contribution in [2.24, 2.45) is 0 Å². The highest BCUT2D eigenvalue weighted by Crippen LogP contribution is 2.38. The van der Waals surface area contributed by atoms with E-state index in [4.69, 9.17) is 18.9 Å². The molecule has 0 aliphatic carbocycles. The number of hydrogen-bond donors (Lipinski definition) is 0. The number of benzene rings is 2. The second kappa shape index (κ2) is 8.60. The minimum absolute atomic E-state index is 0.256. The molecule has 1 aromatic heterocycles. The molecule has 0 spiro atoms. The molecule has 0 aliphatic rings. The van der Waals surface area contributed by atoms with Gasteiger partial charge in [-0.3, -0.25) is 4.79 Å². The van der Waals surface area contributed by atoms with Crippen LogP contribution in [0.5, 0.6) is 23.0 Å². The normalized spacial score (nSPS) is 10.9. The fraction of sp³-hybridized carbons (Fsp3) is 0.227. The van der Waals surface area contributed by atoms with Crippen LogP contribution in [-0.4, -0.2) is 44.2 Å². The number of carbonyl (C=O) groups is 1. The smallest absolute Gasteiger partial charge is 0.206 e. The van der Waals surface area contributed by atoms with Crippen molar-refractivity contribution >= 4 is 22.9 Å². The zero-order valence-electron chi connectivity index (χ0n) is 17.0. The van der Waals surface area contributed by atoms with E-state index in [1.165, 1.54) is 27.4 Å². The van der Waals surface area contributed by atoms with Gasteiger partial charge in [-0.1, -0.05) is 6.08 Å². The van der Waals surface area contributed by atoms with Gasteiger partial charge in [-0.25, -0.2) is 9.97 Å². The molecule has 0 fully saturated rings. The number of aryl methyl sites for hydroxylation is 1. The van der Waals surface area contributed by atoms with E-state index in [1.807, 2.05) is 12.1 Å². The quantitative estimate of drug-likeness (QED) is 0.444. The number of rotatable bonds is 7. The Hall–Kier alpha value is -3.61. The molecular weight excluding hydrogens is 372 g/mol. The minimum atomic E-state index is -0.256. The first-order valence-corrected chi connectivity index (χ1v) is 8.85. The number of ketones is 1. The lowest BCUT2D eigenvalue weighted by Gasteiger charge is -2.12. The third kappa shape index (κ3) is 4.13. The van der Waals surface area contributed by atoms with Gasteiger partial charge in [-0.15, -0.1) is 0 Å². The summed E-state index contributed by atoms with van der Waals surface area (Å²) in [6.45, 7) is 1.76. The van der Waals surface area contributed by atoms with Crippen molar-refractivity contribution in [3.63, 3.8) is 0 Å². The molecular formula is C22H22N2O5. The van der Waals surface area contributed by atoms with E-state index >= 15 is 0 Å². The van der Waals surface area contributed by atoms with Crippen molar-refractivity contribution < 1.29 is 23.7 Å². The van der Waals surface area contributed by atoms with Crippen LogP contribution in [0.25, 0.3) is 17.1 Å². The molecule has 0 bridgehead atoms. The maximum absolute atomic E-state index is 12.8. The lowest BCUT2D eigenvalue weighted by molar-refractivity contribution is 0.104. The summed E-state index contributed by atoms with van der Waals surface area (Å²) in [6, 6.07) is 8.89. The molecule has 3 aromatic rings. The molecule has 0 radical (unpaired) electrons. The molecule has 0 saturated heterocycles. The molecule has 150 valence electrons. The van der Waals surface area contributed by atoms with E-state index in [2.05, 4.69) is 9.97 Å². The van der Waals surface area contributed by atoms with Crippen LogP contribution in [-0.2, 0) is 0 Å². The number of fused-ring (bicyclic) bond motifs is 1. The SMILES string of the molecule is COc1ccc2nc(C)c(C(=O)/C=C/c3cc(OC)c(OC)c(OC)c3)nc2c1. The van der Waals surface area contributed by atoms with Crippen LogP contribution in [0.1, 0.15) is 21.7 Å². The fourth-order valence-corrected chi connectivity index (χ4v) is 2.93. The summed E-state index contributed by atoms with van der Waals surface area (Å²) in [5.74, 6) is 1.90. The van der Waals surface area contributed by atoms with E-state index < -0.39 is 0 Å². The lowest BCUT2D eigenvalue weighted by atomic mass is 10.1. The topological polar surface area (TPSA) is 79.8 Å². The predicted molar refractivity (Wildman–Crippen MR) is 110 cm³/mol. The van der Waals surface area contributed by atoms with Crippen LogP contribution in [0.15, 0.2) is 36.4 Å². The van der Waals surface area contributed by atoms with Gasteiger partial charge in [-0.05, 0) is 42.8 Å². The summed E-state index contributed by atoms with van der Waals surface area (Å²) >= 11 is 0. The molecule has 0 unspecified atom stereocenters. The Morgan fingerprint density at radius 2 is 1.55 bits per heavy atom. The molecule has 0 atom stereocenters. The second-order valence-electron chi connectivity index (χ2n) is 6.17. The standard InChI is InChI=1S/C22H22N2O5/c1-13-21(24-17-12-15(26-2)7-8-16(17)23-13)18(25)9-6-14-10-19(27-3)22(29-5)20(11-14)28-4/h6-12H,1-5H3/b9-6+. The number of nitrogens with zero attached hydrogens (tertiary/aromatic N) is 2. The first kappa shape index (κ1) is 20.1. The average Bonchev–Trinajstić information content (AvgIpc) is 2.75. The predicted octanol–water partition coefficient (Wildman–Crippen LogP) is 3.87. The Kier molecular flexibility index (Phi) is 5.97. The maximum atomic E-state index is 12.8. The summed E-state index contributed by atoms with van der Waals surface area (Å²) in [6.07, 6.45) is 3.12. The van der Waals surface area contributed by atoms with Gasteiger partial charge in [0.15, 0.2) is 11.5 Å². The van der Waals surface area contributed by atoms with E-state index in [0.29, 0.717) is 39.7 Å². The van der Waals surface area contributed by atoms with Gasteiger partial charge in [-0.2, -0.15) is 0 Å². The van der Waals surface area contributed by atoms with Crippen molar-refractivity contribution in [1.82, 2.24) is 9.97 Å². The molecule has 3 rings (SSSR count). The lowest BCUT2D eigenvalue weighted by Crippen LogP contribution is -2.05. The molecule has 0 amide bonds. The van der Waals surface area contributed by atoms with Gasteiger partial charge in [0.05, 0.1) is 45.2 Å². The number of hydrogen-bond acceptors (Lipinski definition) is 7. The molecule has 7 heteroatoms. The van der Waals surface area contributed by atoms with E-state index in [9.17, 15) is 4.79 Å². The summed E-state index contributed by atoms with van der Waals surface area (Å²) in [5, 5.41) is 0. The zero-order chi connectivity index (χ0) is 21.0. The number of ether oxygens (including phenoxy) is 4. The van der Waals surface area contributed by atoms with Crippen molar-refractivity contribution in [3.05, 3.63) is 53.4 Å². The van der Waals surface area contributed by atoms with Crippen LogP contribution in [0.4, 0.5) is 0 Å². The van der Waals surface area contributed by atoms with Gasteiger partial charge in [0.2, 0.25) is 11.5 Å². The minimum Gasteiger partial charge on any atom is -0.497 e. The number of allylic oxidation sites excluding steroid dienone is 1. The third-order valence-corrected chi connectivity index (χ3v) is 4.39. The van der Waals surface area contributed by atoms with Crippen LogP contribution in [0.3, 0.4) is 0 Å². The Labute approximate surface area is 168 Å². The summed E-state index contributed by atoms with van der Waals surface area (Å²) in [4.78, 5) is 21.7. The van der Waals surface area contributed by atoms with E-state index in [1.54, 1.807) is 38.3 Å². The largest absolute Gasteiger partial charge is 0.497 e. The second-order valence-corrected chi connectivity index (χ2v) is 6.17. The summed E-state index contributed by atoms with van der Waals surface area (Å²) in [5.41, 5.74) is 2.87. The number of methoxy groups -OCH3 is 4. The highest BCUT2D eigenvalue weighted by atomic mass is 16.5. The first-order valence-electron chi connectivity index (χ1n) is 8.85. The fourth-order valence-electron chi connectivity index (χ4n) is 2.93. The van der Waals surface area contributed by atoms with Gasteiger partial charge >= 0.3 is 0 Å². The molecule has 0 aliphatic heterocycles. The van der Waals surface area contributed by atoms with Crippen molar-refractivity contribution in [2.75, 3.05) is 28.4 Å². The molecule has 0 N–H and O–H groups in total. The Balaban J connectivity index is 1.95. The third-order valence-electron chi connectivity index (χ3n) is 4.39. The van der Waals surface area contributed by atoms with Gasteiger partial charge in [0.1, 0.15) is 11.4 Å². The Morgan fingerprint density at radius 1 is 0.862 bits per heavy atom. The first-order chi connectivity index (χ1) is 14.0. The van der Waals surface area contributed by atoms with Crippen LogP contribution < -0.4 is 18.9 Å². The molecule has 29 heavy (non-hydrogen) atoms. The Bertz CT molecular complexity index is 1070. The van der Waals surface area contributed by atoms with Crippen molar-refractivity contribution in [3.8, 4) is 23.0 Å². The summed E-state index contributed by atoms with van der Waals surface area (Å²) < 4.78 is 21.2. The molecule has 1 heterocycles. The van der Waals surface area contributed by atoms with Crippen LogP contribution in [0, 0.1) is 6.92 Å². The highest BCUT2D eigenvalue weighted by molar-refractivity contribution is 6.07. The number of carbonyl (C=O) groups excluding carboxylic acids is 1. The van der Waals surface area contributed by atoms with Gasteiger partial charge in [0.25, 0.3) is 0 Å². The van der Waals surface area contributed by atoms with Crippen molar-refractivity contribution in [2.45, 2.75) is 6.92 Å². The van der Waals surface area contributed by atoms with E-state index in [-0.39, 0.29) is 11.5 Å². The van der Waals surface area contributed by atoms with Crippen LogP contribution in [0.2, 0.25) is 0 Å². The van der Waals surface area contributed by atoms with Crippen LogP contribution >= 0.6 is 0 Å². The zero-order valence-corrected chi connectivity index (χ0v) is 17.0. The average molecular weight is 394 g/mol. The van der Waals surface area contributed by atoms with Gasteiger partial charge in [0, 0.05) is 6.07 Å². The molecule has 7 nitrogen and oxygen atoms in total. The summed E-state index contributed by atoms with van der Waals surface area (Å²) in [7, 11) is 6.20. The highest BCUT2D eigenvalue weighted by Gasteiger charge is 2.14. The van der Waals surface area contributed by atoms with Crippen molar-refractivity contribution in [1.29, 1.82) is 0 Å². The van der Waals surface area contributed by atoms with E-state index in [0.717, 1.165) is 5.56 Å². The Morgan fingerprint density at radius 3 is 2.14 bits per heavy atom. The monoisotopic (exact) mass is 394 g/mol.